The molecule has 1 aromatic rings. The number of hydrogen-bond donors (Lipinski definition) is 1. The molecular weight excluding hydrogens is 126 g/mol. The lowest BCUT2D eigenvalue weighted by Crippen LogP contribution is -2.13. The van der Waals surface area contributed by atoms with Crippen LogP contribution in [0.25, 0.3) is 0 Å². The Balaban J connectivity index is 2.43. The van der Waals surface area contributed by atoms with E-state index in [1.54, 1.807) is 12.5 Å². The van der Waals surface area contributed by atoms with Gasteiger partial charge in [0.15, 0.2) is 0 Å². The summed E-state index contributed by atoms with van der Waals surface area (Å²) in [6.07, 6.45) is 4.65. The lowest BCUT2D eigenvalue weighted by Gasteiger charge is -2.07. The minimum atomic E-state index is 0.203. The number of rotatable bonds is 0. The monoisotopic (exact) mass is 137 g/mol. The smallest absolute Gasteiger partial charge is 0.0953 e. The van der Waals surface area contributed by atoms with E-state index in [-0.39, 0.29) is 6.04 Å². The van der Waals surface area contributed by atoms with Crippen molar-refractivity contribution in [2.24, 2.45) is 11.7 Å². The molecule has 0 fully saturated rings. The molecule has 1 aliphatic rings. The van der Waals surface area contributed by atoms with E-state index in [0.717, 1.165) is 6.42 Å². The van der Waals surface area contributed by atoms with Gasteiger partial charge < -0.3 is 10.2 Å². The lowest BCUT2D eigenvalue weighted by atomic mass is 10.1. The predicted molar refractivity (Wildman–Crippen MR) is 38.5 cm³/mol. The van der Waals surface area contributed by atoms with E-state index in [0.29, 0.717) is 5.92 Å². The summed E-state index contributed by atoms with van der Waals surface area (Å²) in [4.78, 5) is 0. The topological polar surface area (TPSA) is 39.2 Å². The summed E-state index contributed by atoms with van der Waals surface area (Å²) >= 11 is 0. The first-order chi connectivity index (χ1) is 4.79. The molecule has 0 amide bonds. The van der Waals surface area contributed by atoms with Gasteiger partial charge in [0.1, 0.15) is 0 Å². The Morgan fingerprint density at radius 1 is 1.60 bits per heavy atom. The maximum atomic E-state index is 5.87. The second-order valence-corrected chi connectivity index (χ2v) is 3.06. The van der Waals surface area contributed by atoms with Crippen LogP contribution in [0.3, 0.4) is 0 Å². The van der Waals surface area contributed by atoms with E-state index in [2.05, 4.69) is 6.92 Å². The molecule has 0 aromatic carbocycles. The van der Waals surface area contributed by atoms with E-state index in [1.165, 1.54) is 11.1 Å². The van der Waals surface area contributed by atoms with Gasteiger partial charge in [-0.2, -0.15) is 0 Å². The van der Waals surface area contributed by atoms with E-state index in [9.17, 15) is 0 Å². The maximum absolute atomic E-state index is 5.87. The molecule has 2 N–H and O–H groups in total. The third-order valence-electron chi connectivity index (χ3n) is 2.29. The van der Waals surface area contributed by atoms with Crippen molar-refractivity contribution in [3.8, 4) is 0 Å². The minimum absolute atomic E-state index is 0.203. The van der Waals surface area contributed by atoms with Gasteiger partial charge in [-0.3, -0.25) is 0 Å². The fraction of sp³-hybridized carbons (Fsp3) is 0.500. The van der Waals surface area contributed by atoms with Crippen molar-refractivity contribution in [2.45, 2.75) is 19.4 Å². The summed E-state index contributed by atoms with van der Waals surface area (Å²) < 4.78 is 5.03. The maximum Gasteiger partial charge on any atom is 0.0953 e. The van der Waals surface area contributed by atoms with Crippen LogP contribution in [0, 0.1) is 5.92 Å². The highest BCUT2D eigenvalue weighted by Crippen LogP contribution is 2.34. The SMILES string of the molecule is CC1Cc2cocc2C1N. The predicted octanol–water partition coefficient (Wildman–Crippen LogP) is 1.47. The normalized spacial score (nSPS) is 30.6. The van der Waals surface area contributed by atoms with Gasteiger partial charge in [-0.25, -0.2) is 0 Å². The fourth-order valence-corrected chi connectivity index (χ4v) is 1.57. The van der Waals surface area contributed by atoms with Crippen LogP contribution in [-0.2, 0) is 6.42 Å². The third-order valence-corrected chi connectivity index (χ3v) is 2.29. The molecule has 1 aromatic heterocycles. The molecule has 2 nitrogen and oxygen atoms in total. The zero-order chi connectivity index (χ0) is 7.14. The van der Waals surface area contributed by atoms with Crippen LogP contribution >= 0.6 is 0 Å². The molecule has 10 heavy (non-hydrogen) atoms. The Morgan fingerprint density at radius 3 is 3.10 bits per heavy atom. The lowest BCUT2D eigenvalue weighted by molar-refractivity contribution is 0.482. The first-order valence-corrected chi connectivity index (χ1v) is 3.59. The van der Waals surface area contributed by atoms with E-state index in [4.69, 9.17) is 10.2 Å². The van der Waals surface area contributed by atoms with Gasteiger partial charge in [-0.15, -0.1) is 0 Å². The van der Waals surface area contributed by atoms with Crippen LogP contribution < -0.4 is 5.73 Å². The van der Waals surface area contributed by atoms with Gasteiger partial charge in [0.05, 0.1) is 12.5 Å². The molecule has 0 spiro atoms. The quantitative estimate of drug-likeness (QED) is 0.588. The number of fused-ring (bicyclic) bond motifs is 1. The van der Waals surface area contributed by atoms with Gasteiger partial charge in [0.2, 0.25) is 0 Å². The van der Waals surface area contributed by atoms with Crippen molar-refractivity contribution < 1.29 is 4.42 Å². The first kappa shape index (κ1) is 5.98. The molecule has 2 atom stereocenters. The molecule has 2 rings (SSSR count). The Kier molecular flexibility index (Phi) is 1.11. The van der Waals surface area contributed by atoms with E-state index in [1.807, 2.05) is 0 Å². The fourth-order valence-electron chi connectivity index (χ4n) is 1.57. The molecule has 2 unspecified atom stereocenters. The molecular formula is C8H11NO. The van der Waals surface area contributed by atoms with Crippen molar-refractivity contribution in [2.75, 3.05) is 0 Å². The highest BCUT2D eigenvalue weighted by molar-refractivity contribution is 5.30. The van der Waals surface area contributed by atoms with Crippen LogP contribution in [0.1, 0.15) is 24.1 Å². The summed E-state index contributed by atoms with van der Waals surface area (Å²) in [5, 5.41) is 0. The summed E-state index contributed by atoms with van der Waals surface area (Å²) in [5.74, 6) is 0.585. The summed E-state index contributed by atoms with van der Waals surface area (Å²) in [6.45, 7) is 2.17. The van der Waals surface area contributed by atoms with Gasteiger partial charge >= 0.3 is 0 Å². The third kappa shape index (κ3) is 0.625. The number of furan rings is 1. The Morgan fingerprint density at radius 2 is 2.40 bits per heavy atom. The van der Waals surface area contributed by atoms with Crippen LogP contribution in [0.2, 0.25) is 0 Å². The highest BCUT2D eigenvalue weighted by atomic mass is 16.3. The average Bonchev–Trinajstić information content (AvgIpc) is 2.41. The second kappa shape index (κ2) is 1.86. The Bertz CT molecular complexity index is 241. The molecule has 0 saturated heterocycles. The first-order valence-electron chi connectivity index (χ1n) is 3.59. The molecule has 0 saturated carbocycles. The molecule has 2 heteroatoms. The van der Waals surface area contributed by atoms with Crippen molar-refractivity contribution in [3.05, 3.63) is 23.7 Å². The molecule has 1 aliphatic carbocycles. The Hall–Kier alpha value is -0.760. The van der Waals surface area contributed by atoms with Gasteiger partial charge in [-0.1, -0.05) is 6.92 Å². The summed E-state index contributed by atoms with van der Waals surface area (Å²) in [5.41, 5.74) is 8.37. The van der Waals surface area contributed by atoms with Crippen LogP contribution in [0.15, 0.2) is 16.9 Å². The molecule has 54 valence electrons. The van der Waals surface area contributed by atoms with Gasteiger partial charge in [0.25, 0.3) is 0 Å². The molecule has 0 aliphatic heterocycles. The number of hydrogen-bond acceptors (Lipinski definition) is 2. The minimum Gasteiger partial charge on any atom is -0.472 e. The van der Waals surface area contributed by atoms with Crippen molar-refractivity contribution in [1.29, 1.82) is 0 Å². The van der Waals surface area contributed by atoms with Crippen molar-refractivity contribution in [1.82, 2.24) is 0 Å². The van der Waals surface area contributed by atoms with Crippen LogP contribution in [-0.4, -0.2) is 0 Å². The zero-order valence-electron chi connectivity index (χ0n) is 6.00. The summed E-state index contributed by atoms with van der Waals surface area (Å²) in [7, 11) is 0. The molecule has 0 bridgehead atoms. The zero-order valence-corrected chi connectivity index (χ0v) is 6.00. The second-order valence-electron chi connectivity index (χ2n) is 3.06. The largest absolute Gasteiger partial charge is 0.472 e. The number of nitrogens with two attached hydrogens (primary N) is 1. The highest BCUT2D eigenvalue weighted by Gasteiger charge is 2.27. The summed E-state index contributed by atoms with van der Waals surface area (Å²) in [6, 6.07) is 0.203. The van der Waals surface area contributed by atoms with Crippen molar-refractivity contribution in [3.63, 3.8) is 0 Å². The molecule has 0 radical (unpaired) electrons. The van der Waals surface area contributed by atoms with Crippen LogP contribution in [0.4, 0.5) is 0 Å². The van der Waals surface area contributed by atoms with Crippen molar-refractivity contribution >= 4 is 0 Å². The van der Waals surface area contributed by atoms with E-state index < -0.39 is 0 Å². The van der Waals surface area contributed by atoms with Crippen LogP contribution in [0.5, 0.6) is 0 Å². The molecule has 1 heterocycles. The van der Waals surface area contributed by atoms with Gasteiger partial charge in [0, 0.05) is 11.6 Å². The Labute approximate surface area is 60.0 Å². The standard InChI is InChI=1S/C8H11NO/c1-5-2-6-3-10-4-7(6)8(5)9/h3-5,8H,2,9H2,1H3. The average molecular weight is 137 g/mol. The van der Waals surface area contributed by atoms with E-state index >= 15 is 0 Å². The van der Waals surface area contributed by atoms with Gasteiger partial charge in [-0.05, 0) is 17.9 Å².